The fraction of sp³-hybridized carbons (Fsp3) is 1.00. The van der Waals surface area contributed by atoms with Gasteiger partial charge in [-0.15, -0.1) is 0 Å². The molecule has 0 heterocycles. The maximum absolute atomic E-state index is 3.54. The summed E-state index contributed by atoms with van der Waals surface area (Å²) in [5, 5.41) is 3.54. The van der Waals surface area contributed by atoms with Crippen molar-refractivity contribution in [2.45, 2.75) is 64.0 Å². The molecule has 0 aromatic rings. The lowest BCUT2D eigenvalue weighted by molar-refractivity contribution is 0.138. The van der Waals surface area contributed by atoms with Gasteiger partial charge in [0.25, 0.3) is 0 Å². The van der Waals surface area contributed by atoms with Crippen molar-refractivity contribution >= 4 is 0 Å². The number of hydrogen-bond donors (Lipinski definition) is 1. The van der Waals surface area contributed by atoms with Gasteiger partial charge >= 0.3 is 0 Å². The second kappa shape index (κ2) is 6.19. The minimum Gasteiger partial charge on any atom is -0.317 e. The maximum atomic E-state index is 3.54. The van der Waals surface area contributed by atoms with E-state index in [4.69, 9.17) is 0 Å². The summed E-state index contributed by atoms with van der Waals surface area (Å²) in [4.78, 5) is 2.65. The lowest BCUT2D eigenvalue weighted by atomic mass is 9.78. The molecule has 3 unspecified atom stereocenters. The lowest BCUT2D eigenvalue weighted by Gasteiger charge is -2.38. The van der Waals surface area contributed by atoms with Crippen molar-refractivity contribution < 1.29 is 0 Å². The van der Waals surface area contributed by atoms with E-state index in [1.54, 1.807) is 0 Å². The summed E-state index contributed by atoms with van der Waals surface area (Å²) in [7, 11) is 4.49. The van der Waals surface area contributed by atoms with E-state index in [0.29, 0.717) is 0 Å². The van der Waals surface area contributed by atoms with E-state index in [2.05, 4.69) is 31.2 Å². The zero-order valence-corrected chi connectivity index (χ0v) is 11.9. The van der Waals surface area contributed by atoms with Gasteiger partial charge in [0.05, 0.1) is 0 Å². The molecule has 0 radical (unpaired) electrons. The van der Waals surface area contributed by atoms with Crippen LogP contribution in [0.3, 0.4) is 0 Å². The van der Waals surface area contributed by atoms with E-state index in [9.17, 15) is 0 Å². The molecule has 0 aliphatic heterocycles. The summed E-state index contributed by atoms with van der Waals surface area (Å²) in [5.41, 5.74) is 0. The summed E-state index contributed by atoms with van der Waals surface area (Å²) < 4.78 is 0. The Morgan fingerprint density at radius 1 is 1.12 bits per heavy atom. The molecule has 0 amide bonds. The van der Waals surface area contributed by atoms with Crippen molar-refractivity contribution in [3.8, 4) is 0 Å². The fourth-order valence-electron chi connectivity index (χ4n) is 3.94. The number of nitrogens with zero attached hydrogens (tertiary/aromatic N) is 1. The molecule has 0 spiro atoms. The van der Waals surface area contributed by atoms with Gasteiger partial charge in [0.1, 0.15) is 0 Å². The molecule has 2 aliphatic carbocycles. The van der Waals surface area contributed by atoms with Crippen molar-refractivity contribution in [2.75, 3.05) is 20.6 Å². The van der Waals surface area contributed by atoms with Gasteiger partial charge in [0, 0.05) is 18.6 Å². The van der Waals surface area contributed by atoms with Crippen LogP contribution < -0.4 is 5.32 Å². The second-order valence-electron chi connectivity index (χ2n) is 6.45. The molecule has 2 rings (SSSR count). The first-order chi connectivity index (χ1) is 8.20. The van der Waals surface area contributed by atoms with Gasteiger partial charge in [-0.1, -0.05) is 19.8 Å². The van der Waals surface area contributed by atoms with Gasteiger partial charge in [-0.2, -0.15) is 0 Å². The largest absolute Gasteiger partial charge is 0.317 e. The Morgan fingerprint density at radius 2 is 1.82 bits per heavy atom. The highest BCUT2D eigenvalue weighted by atomic mass is 15.1. The third kappa shape index (κ3) is 3.45. The molecule has 1 N–H and O–H groups in total. The Bertz CT molecular complexity index is 223. The average Bonchev–Trinajstić information content (AvgIpc) is 2.83. The summed E-state index contributed by atoms with van der Waals surface area (Å²) in [5.74, 6) is 1.80. The van der Waals surface area contributed by atoms with Gasteiger partial charge in [-0.25, -0.2) is 0 Å². The fourth-order valence-corrected chi connectivity index (χ4v) is 3.94. The molecular weight excluding hydrogens is 208 g/mol. The Balaban J connectivity index is 1.85. The standard InChI is InChI=1S/C15H30N2/c1-12-8-9-15(16-2)13(10-12)11-17(3)14-6-4-5-7-14/h12-16H,4-11H2,1-3H3. The van der Waals surface area contributed by atoms with E-state index in [-0.39, 0.29) is 0 Å². The molecule has 0 aromatic heterocycles. The van der Waals surface area contributed by atoms with E-state index >= 15 is 0 Å². The van der Waals surface area contributed by atoms with E-state index in [1.165, 1.54) is 51.5 Å². The first-order valence-corrected chi connectivity index (χ1v) is 7.58. The zero-order valence-electron chi connectivity index (χ0n) is 11.9. The Labute approximate surface area is 107 Å². The summed E-state index contributed by atoms with van der Waals surface area (Å²) in [6.45, 7) is 3.73. The van der Waals surface area contributed by atoms with Crippen LogP contribution in [0.4, 0.5) is 0 Å². The topological polar surface area (TPSA) is 15.3 Å². The van der Waals surface area contributed by atoms with Crippen LogP contribution in [0.15, 0.2) is 0 Å². The van der Waals surface area contributed by atoms with Gasteiger partial charge in [0.2, 0.25) is 0 Å². The molecule has 2 nitrogen and oxygen atoms in total. The lowest BCUT2D eigenvalue weighted by Crippen LogP contribution is -2.45. The van der Waals surface area contributed by atoms with Crippen molar-refractivity contribution in [1.82, 2.24) is 10.2 Å². The summed E-state index contributed by atoms with van der Waals surface area (Å²) >= 11 is 0. The van der Waals surface area contributed by atoms with Crippen molar-refractivity contribution in [1.29, 1.82) is 0 Å². The van der Waals surface area contributed by atoms with E-state index in [1.807, 2.05) is 0 Å². The molecule has 2 heteroatoms. The first-order valence-electron chi connectivity index (χ1n) is 7.58. The Hall–Kier alpha value is -0.0800. The van der Waals surface area contributed by atoms with Gasteiger partial charge < -0.3 is 10.2 Å². The van der Waals surface area contributed by atoms with Crippen LogP contribution in [0, 0.1) is 11.8 Å². The molecule has 3 atom stereocenters. The van der Waals surface area contributed by atoms with Gasteiger partial charge in [-0.05, 0) is 58.0 Å². The second-order valence-corrected chi connectivity index (χ2v) is 6.45. The van der Waals surface area contributed by atoms with Gasteiger partial charge in [0.15, 0.2) is 0 Å². The number of rotatable bonds is 4. The van der Waals surface area contributed by atoms with Crippen LogP contribution in [0.1, 0.15) is 51.9 Å². The predicted molar refractivity (Wildman–Crippen MR) is 74.2 cm³/mol. The van der Waals surface area contributed by atoms with Crippen LogP contribution in [-0.2, 0) is 0 Å². The average molecular weight is 238 g/mol. The summed E-state index contributed by atoms with van der Waals surface area (Å²) in [6, 6.07) is 1.64. The van der Waals surface area contributed by atoms with Crippen LogP contribution in [0.5, 0.6) is 0 Å². The number of nitrogens with one attached hydrogen (secondary N) is 1. The smallest absolute Gasteiger partial charge is 0.0105 e. The predicted octanol–water partition coefficient (Wildman–Crippen LogP) is 2.89. The Morgan fingerprint density at radius 3 is 2.47 bits per heavy atom. The van der Waals surface area contributed by atoms with Crippen molar-refractivity contribution in [3.63, 3.8) is 0 Å². The third-order valence-electron chi connectivity index (χ3n) is 5.09. The zero-order chi connectivity index (χ0) is 12.3. The number of hydrogen-bond acceptors (Lipinski definition) is 2. The SMILES string of the molecule is CNC1CCC(C)CC1CN(C)C1CCCC1. The van der Waals surface area contributed by atoms with Crippen LogP contribution in [0.2, 0.25) is 0 Å². The third-order valence-corrected chi connectivity index (χ3v) is 5.09. The van der Waals surface area contributed by atoms with Crippen molar-refractivity contribution in [3.05, 3.63) is 0 Å². The molecular formula is C15H30N2. The highest BCUT2D eigenvalue weighted by Crippen LogP contribution is 2.31. The van der Waals surface area contributed by atoms with Gasteiger partial charge in [-0.3, -0.25) is 0 Å². The Kier molecular flexibility index (Phi) is 4.87. The van der Waals surface area contributed by atoms with Crippen LogP contribution >= 0.6 is 0 Å². The van der Waals surface area contributed by atoms with Crippen molar-refractivity contribution in [2.24, 2.45) is 11.8 Å². The first kappa shape index (κ1) is 13.4. The minimum atomic E-state index is 0.759. The molecule has 100 valence electrons. The molecule has 0 bridgehead atoms. The molecule has 2 fully saturated rings. The molecule has 2 saturated carbocycles. The molecule has 2 aliphatic rings. The molecule has 0 saturated heterocycles. The quantitative estimate of drug-likeness (QED) is 0.810. The summed E-state index contributed by atoms with van der Waals surface area (Å²) in [6.07, 6.45) is 9.97. The van der Waals surface area contributed by atoms with Crippen LogP contribution in [0.25, 0.3) is 0 Å². The monoisotopic (exact) mass is 238 g/mol. The van der Waals surface area contributed by atoms with E-state index < -0.39 is 0 Å². The maximum Gasteiger partial charge on any atom is 0.0105 e. The van der Waals surface area contributed by atoms with E-state index in [0.717, 1.165) is 23.9 Å². The minimum absolute atomic E-state index is 0.759. The highest BCUT2D eigenvalue weighted by molar-refractivity contribution is 4.86. The highest BCUT2D eigenvalue weighted by Gasteiger charge is 2.30. The van der Waals surface area contributed by atoms with Crippen LogP contribution in [-0.4, -0.2) is 37.6 Å². The molecule has 17 heavy (non-hydrogen) atoms. The normalized spacial score (nSPS) is 35.6. The molecule has 0 aromatic carbocycles.